The molecule has 1 N–H and O–H groups in total. The average Bonchev–Trinajstić information content (AvgIpc) is 2.62. The van der Waals surface area contributed by atoms with Gasteiger partial charge < -0.3 is 5.32 Å². The topological polar surface area (TPSA) is 92.3 Å². The Bertz CT molecular complexity index is 1040. The molecular formula is C21H29FN4O3S. The number of nitrogens with zero attached hydrogens (tertiary/aromatic N) is 3. The van der Waals surface area contributed by atoms with Crippen LogP contribution in [0.15, 0.2) is 24.5 Å². The van der Waals surface area contributed by atoms with Crippen molar-refractivity contribution < 1.29 is 17.6 Å². The summed E-state index contributed by atoms with van der Waals surface area (Å²) in [5.74, 6) is -0.927. The van der Waals surface area contributed by atoms with Gasteiger partial charge in [-0.1, -0.05) is 13.0 Å². The van der Waals surface area contributed by atoms with E-state index in [1.807, 2.05) is 13.8 Å². The van der Waals surface area contributed by atoms with Crippen molar-refractivity contribution in [2.75, 3.05) is 12.8 Å². The molecule has 0 aliphatic carbocycles. The second-order valence-corrected chi connectivity index (χ2v) is 9.96. The molecule has 7 nitrogen and oxygen atoms in total. The zero-order chi connectivity index (χ0) is 22.7. The highest BCUT2D eigenvalue weighted by molar-refractivity contribution is 7.88. The summed E-state index contributed by atoms with van der Waals surface area (Å²) in [5, 5.41) is 2.87. The van der Waals surface area contributed by atoms with Gasteiger partial charge in [-0.3, -0.25) is 9.78 Å². The van der Waals surface area contributed by atoms with Gasteiger partial charge in [0.2, 0.25) is 10.0 Å². The molecule has 0 radical (unpaired) electrons. The number of amides is 1. The molecule has 30 heavy (non-hydrogen) atoms. The molecule has 0 aliphatic heterocycles. The Morgan fingerprint density at radius 3 is 2.47 bits per heavy atom. The molecule has 2 aromatic rings. The Balaban J connectivity index is 2.31. The third kappa shape index (κ3) is 5.82. The normalized spacial score (nSPS) is 12.3. The summed E-state index contributed by atoms with van der Waals surface area (Å²) in [5.41, 5.74) is 1.56. The summed E-state index contributed by atoms with van der Waals surface area (Å²) in [6, 6.07) is 3.00. The fourth-order valence-electron chi connectivity index (χ4n) is 3.33. The van der Waals surface area contributed by atoms with Gasteiger partial charge >= 0.3 is 0 Å². The fraction of sp³-hybridized carbons (Fsp3) is 0.476. The molecule has 0 saturated carbocycles. The number of carbonyl (C=O) groups is 1. The van der Waals surface area contributed by atoms with E-state index in [9.17, 15) is 17.6 Å². The van der Waals surface area contributed by atoms with Gasteiger partial charge in [0.15, 0.2) is 0 Å². The van der Waals surface area contributed by atoms with E-state index in [0.29, 0.717) is 29.8 Å². The minimum Gasteiger partial charge on any atom is -0.342 e. The second-order valence-electron chi connectivity index (χ2n) is 7.98. The lowest BCUT2D eigenvalue weighted by Gasteiger charge is -2.29. The summed E-state index contributed by atoms with van der Waals surface area (Å²) < 4.78 is 40.1. The maximum Gasteiger partial charge on any atom is 0.272 e. The van der Waals surface area contributed by atoms with Crippen LogP contribution in [0.3, 0.4) is 0 Å². The molecule has 164 valence electrons. The van der Waals surface area contributed by atoms with E-state index < -0.39 is 27.3 Å². The Morgan fingerprint density at radius 2 is 1.90 bits per heavy atom. The largest absolute Gasteiger partial charge is 0.342 e. The van der Waals surface area contributed by atoms with Crippen LogP contribution < -0.4 is 5.32 Å². The molecule has 0 saturated heterocycles. The number of rotatable bonds is 8. The highest BCUT2D eigenvalue weighted by atomic mass is 32.2. The molecule has 0 spiro atoms. The molecule has 0 unspecified atom stereocenters. The van der Waals surface area contributed by atoms with Crippen LogP contribution in [0.25, 0.3) is 0 Å². The van der Waals surface area contributed by atoms with E-state index in [4.69, 9.17) is 0 Å². The minimum absolute atomic E-state index is 0.0364. The van der Waals surface area contributed by atoms with Crippen LogP contribution in [-0.4, -0.2) is 41.4 Å². The zero-order valence-corrected chi connectivity index (χ0v) is 19.1. The highest BCUT2D eigenvalue weighted by Crippen LogP contribution is 2.27. The fourth-order valence-corrected chi connectivity index (χ4v) is 4.21. The number of hydrogen-bond acceptors (Lipinski definition) is 5. The Morgan fingerprint density at radius 1 is 1.23 bits per heavy atom. The van der Waals surface area contributed by atoms with Crippen LogP contribution in [0.4, 0.5) is 4.39 Å². The van der Waals surface area contributed by atoms with Crippen LogP contribution in [0.5, 0.6) is 0 Å². The van der Waals surface area contributed by atoms with Crippen molar-refractivity contribution in [2.45, 2.75) is 53.1 Å². The molecule has 0 fully saturated rings. The van der Waals surface area contributed by atoms with Crippen LogP contribution >= 0.6 is 0 Å². The molecule has 1 aromatic heterocycles. The van der Waals surface area contributed by atoms with Crippen molar-refractivity contribution >= 4 is 15.9 Å². The van der Waals surface area contributed by atoms with Gasteiger partial charge in [-0.25, -0.2) is 17.8 Å². The predicted octanol–water partition coefficient (Wildman–Crippen LogP) is 3.07. The average molecular weight is 437 g/mol. The lowest BCUT2D eigenvalue weighted by atomic mass is 9.88. The number of carbonyl (C=O) groups excluding carboxylic acids is 1. The summed E-state index contributed by atoms with van der Waals surface area (Å²) in [6.07, 6.45) is 4.68. The first kappa shape index (κ1) is 23.9. The number of hydrogen-bond donors (Lipinski definition) is 1. The molecule has 2 rings (SSSR count). The third-order valence-electron chi connectivity index (χ3n) is 4.77. The summed E-state index contributed by atoms with van der Waals surface area (Å²) in [7, 11) is -3.45. The number of benzene rings is 1. The number of halogens is 1. The van der Waals surface area contributed by atoms with E-state index in [0.717, 1.165) is 11.8 Å². The van der Waals surface area contributed by atoms with Crippen molar-refractivity contribution in [1.29, 1.82) is 0 Å². The van der Waals surface area contributed by atoms with E-state index in [-0.39, 0.29) is 12.2 Å². The van der Waals surface area contributed by atoms with Crippen LogP contribution in [0, 0.1) is 19.7 Å². The summed E-state index contributed by atoms with van der Waals surface area (Å²) in [4.78, 5) is 20.7. The Hall–Kier alpha value is -2.39. The monoisotopic (exact) mass is 436 g/mol. The van der Waals surface area contributed by atoms with E-state index in [2.05, 4.69) is 15.3 Å². The Kier molecular flexibility index (Phi) is 7.31. The molecule has 0 aliphatic rings. The molecule has 0 atom stereocenters. The number of nitrogens with one attached hydrogen (secondary N) is 1. The van der Waals surface area contributed by atoms with Crippen molar-refractivity contribution in [3.63, 3.8) is 0 Å². The van der Waals surface area contributed by atoms with Gasteiger partial charge in [0.25, 0.3) is 5.91 Å². The SMILES string of the molecule is CCCN(Cc1cc(C)c(C(C)(C)NC(=O)c2cncc(C)n2)cc1F)S(C)(=O)=O. The molecule has 1 heterocycles. The van der Waals surface area contributed by atoms with Gasteiger partial charge in [-0.05, 0) is 51.3 Å². The third-order valence-corrected chi connectivity index (χ3v) is 6.02. The Labute approximate surface area is 177 Å². The van der Waals surface area contributed by atoms with Crippen LogP contribution in [0.2, 0.25) is 0 Å². The lowest BCUT2D eigenvalue weighted by molar-refractivity contribution is 0.0906. The molecule has 1 aromatic carbocycles. The highest BCUT2D eigenvalue weighted by Gasteiger charge is 2.28. The smallest absolute Gasteiger partial charge is 0.272 e. The quantitative estimate of drug-likeness (QED) is 0.687. The van der Waals surface area contributed by atoms with Crippen molar-refractivity contribution in [2.24, 2.45) is 0 Å². The summed E-state index contributed by atoms with van der Waals surface area (Å²) >= 11 is 0. The molecule has 0 bridgehead atoms. The van der Waals surface area contributed by atoms with Crippen molar-refractivity contribution in [3.8, 4) is 0 Å². The van der Waals surface area contributed by atoms with E-state index in [1.54, 1.807) is 33.0 Å². The van der Waals surface area contributed by atoms with Crippen LogP contribution in [0.1, 0.15) is 60.1 Å². The van der Waals surface area contributed by atoms with Gasteiger partial charge in [0.1, 0.15) is 11.5 Å². The van der Waals surface area contributed by atoms with Gasteiger partial charge in [-0.2, -0.15) is 4.31 Å². The lowest BCUT2D eigenvalue weighted by Crippen LogP contribution is -2.42. The maximum atomic E-state index is 14.9. The maximum absolute atomic E-state index is 14.9. The predicted molar refractivity (Wildman–Crippen MR) is 114 cm³/mol. The zero-order valence-electron chi connectivity index (χ0n) is 18.3. The van der Waals surface area contributed by atoms with Gasteiger partial charge in [0, 0.05) is 24.8 Å². The van der Waals surface area contributed by atoms with Crippen molar-refractivity contribution in [3.05, 3.63) is 58.4 Å². The molecule has 1 amide bonds. The minimum atomic E-state index is -3.45. The molecular weight excluding hydrogens is 407 g/mol. The van der Waals surface area contributed by atoms with Gasteiger partial charge in [-0.15, -0.1) is 0 Å². The summed E-state index contributed by atoms with van der Waals surface area (Å²) in [6.45, 7) is 9.25. The van der Waals surface area contributed by atoms with E-state index >= 15 is 0 Å². The number of sulfonamides is 1. The first-order chi connectivity index (χ1) is 13.8. The molecule has 9 heteroatoms. The van der Waals surface area contributed by atoms with E-state index in [1.165, 1.54) is 16.6 Å². The number of aryl methyl sites for hydroxylation is 2. The first-order valence-corrected chi connectivity index (χ1v) is 11.6. The first-order valence-electron chi connectivity index (χ1n) is 9.71. The van der Waals surface area contributed by atoms with Gasteiger partial charge in [0.05, 0.1) is 23.7 Å². The number of aromatic nitrogens is 2. The second kappa shape index (κ2) is 9.18. The van der Waals surface area contributed by atoms with Crippen molar-refractivity contribution in [1.82, 2.24) is 19.6 Å². The standard InChI is InChI=1S/C21H29FN4O3S/c1-7-8-26(30(6,28)29)13-16-9-14(2)17(10-18(16)22)21(4,5)25-20(27)19-12-23-11-15(3)24-19/h9-12H,7-8,13H2,1-6H3,(H,25,27). The van der Waals surface area contributed by atoms with Crippen LogP contribution in [-0.2, 0) is 22.1 Å².